The molecule has 0 aliphatic rings. The first-order chi connectivity index (χ1) is 2.00. The van der Waals surface area contributed by atoms with Crippen molar-refractivity contribution in [1.82, 2.24) is 0 Å². The summed E-state index contributed by atoms with van der Waals surface area (Å²) in [5, 5.41) is 0. The van der Waals surface area contributed by atoms with Crippen LogP contribution in [0.4, 0.5) is 0 Å². The van der Waals surface area contributed by atoms with Gasteiger partial charge in [0.2, 0.25) is 0 Å². The molecule has 0 aliphatic heterocycles. The van der Waals surface area contributed by atoms with E-state index >= 15 is 0 Å². The van der Waals surface area contributed by atoms with Gasteiger partial charge in [-0.2, -0.15) is 0 Å². The largest absolute Gasteiger partial charge is 1.00 e. The van der Waals surface area contributed by atoms with Gasteiger partial charge in [-0.15, -0.1) is 0 Å². The van der Waals surface area contributed by atoms with Crippen molar-refractivity contribution in [1.29, 1.82) is 0 Å². The second kappa shape index (κ2) is 9.68. The van der Waals surface area contributed by atoms with E-state index in [9.17, 15) is 0 Å². The fourth-order valence-corrected chi connectivity index (χ4v) is 0. The maximum absolute atomic E-state index is 8.77. The Morgan fingerprint density at radius 2 is 1.38 bits per heavy atom. The van der Waals surface area contributed by atoms with Crippen LogP contribution >= 0.6 is 7.82 Å². The van der Waals surface area contributed by atoms with Crippen LogP contribution in [0, 0.1) is 0 Å². The molecule has 0 saturated carbocycles. The van der Waals surface area contributed by atoms with Gasteiger partial charge in [0.05, 0.1) is 0 Å². The van der Waals surface area contributed by atoms with Crippen LogP contribution < -0.4 is 90.5 Å². The molecule has 0 aliphatic carbocycles. The van der Waals surface area contributed by atoms with Gasteiger partial charge in [0.1, 0.15) is 0 Å². The maximum atomic E-state index is 8.77. The average Bonchev–Trinajstić information content (AvgIpc) is 0.722. The van der Waals surface area contributed by atoms with Gasteiger partial charge in [0, 0.05) is 0 Å². The second-order valence-electron chi connectivity index (χ2n) is 0.491. The Bertz CT molecular complexity index is 62.2. The summed E-state index contributed by atoms with van der Waals surface area (Å²) < 4.78 is 8.77. The van der Waals surface area contributed by atoms with Crippen LogP contribution in [0.25, 0.3) is 0 Å². The van der Waals surface area contributed by atoms with E-state index in [0.29, 0.717) is 0 Å². The molecular formula is H2FKNaO4P. The molecule has 4 nitrogen and oxygen atoms in total. The molecular weight excluding hydrogens is 176 g/mol. The molecule has 0 aromatic rings. The minimum atomic E-state index is -4.89. The zero-order valence-corrected chi connectivity index (χ0v) is 10.6. The number of rotatable bonds is 0. The standard InChI is InChI=1S/FH.K.Na.H3O4P/c;;;1-5(2,3)4/h1H;;;(H3,1,2,3,4)/q;2*+1;/p-2. The van der Waals surface area contributed by atoms with Crippen molar-refractivity contribution in [2.24, 2.45) is 0 Å². The number of halogens is 1. The van der Waals surface area contributed by atoms with E-state index in [-0.39, 0.29) is 85.6 Å². The van der Waals surface area contributed by atoms with E-state index in [1.54, 1.807) is 0 Å². The first-order valence-electron chi connectivity index (χ1n) is 0.765. The van der Waals surface area contributed by atoms with Crippen LogP contribution in [-0.2, 0) is 4.57 Å². The van der Waals surface area contributed by atoms with Crippen LogP contribution in [0.5, 0.6) is 0 Å². The van der Waals surface area contributed by atoms with Gasteiger partial charge >= 0.3 is 80.9 Å². The van der Waals surface area contributed by atoms with E-state index in [4.69, 9.17) is 19.2 Å². The molecule has 2 N–H and O–H groups in total. The minimum absolute atomic E-state index is 0. The van der Waals surface area contributed by atoms with Gasteiger partial charge in [0.15, 0.2) is 0 Å². The zero-order valence-electron chi connectivity index (χ0n) is 4.54. The Labute approximate surface area is 110 Å². The van der Waals surface area contributed by atoms with Crippen molar-refractivity contribution < 1.29 is 105 Å². The van der Waals surface area contributed by atoms with E-state index in [0.717, 1.165) is 0 Å². The van der Waals surface area contributed by atoms with E-state index < -0.39 is 7.82 Å². The van der Waals surface area contributed by atoms with E-state index in [2.05, 4.69) is 0 Å². The van der Waals surface area contributed by atoms with E-state index in [1.165, 1.54) is 0 Å². The zero-order chi connectivity index (χ0) is 4.50. The SMILES string of the molecule is O=P([O-])(O)O.[F-].[K+].[Na+]. The molecule has 40 valence electrons. The monoisotopic (exact) mass is 178 g/mol. The van der Waals surface area contributed by atoms with Crippen LogP contribution in [0.15, 0.2) is 0 Å². The number of phosphoric acid groups is 1. The van der Waals surface area contributed by atoms with Crippen LogP contribution in [0.3, 0.4) is 0 Å². The fraction of sp³-hybridized carbons (Fsp3) is 0. The van der Waals surface area contributed by atoms with Gasteiger partial charge in [-0.3, -0.25) is 4.57 Å². The smallest absolute Gasteiger partial charge is 1.00 e. The maximum Gasteiger partial charge on any atom is 1.00 e. The topological polar surface area (TPSA) is 80.6 Å². The number of hydrogen-bond donors (Lipinski definition) is 2. The molecule has 0 spiro atoms. The molecule has 0 fully saturated rings. The molecule has 0 heterocycles. The summed E-state index contributed by atoms with van der Waals surface area (Å²) in [6.07, 6.45) is 0. The molecule has 0 amide bonds. The number of hydrogen-bond acceptors (Lipinski definition) is 2. The summed E-state index contributed by atoms with van der Waals surface area (Å²) in [6.45, 7) is 0. The Hall–Kier alpha value is 2.68. The first-order valence-corrected chi connectivity index (χ1v) is 2.30. The van der Waals surface area contributed by atoms with Crippen molar-refractivity contribution >= 4 is 7.82 Å². The van der Waals surface area contributed by atoms with Crippen molar-refractivity contribution in [2.45, 2.75) is 0 Å². The van der Waals surface area contributed by atoms with Crippen molar-refractivity contribution in [2.75, 3.05) is 0 Å². The summed E-state index contributed by atoms with van der Waals surface area (Å²) in [4.78, 5) is 22.9. The quantitative estimate of drug-likeness (QED) is 0.285. The first kappa shape index (κ1) is 22.4. The van der Waals surface area contributed by atoms with Crippen LogP contribution in [0.1, 0.15) is 0 Å². The molecule has 8 heteroatoms. The normalized spacial score (nSPS) is 7.38. The summed E-state index contributed by atoms with van der Waals surface area (Å²) in [5.41, 5.74) is 0. The van der Waals surface area contributed by atoms with Crippen molar-refractivity contribution in [3.05, 3.63) is 0 Å². The second-order valence-corrected chi connectivity index (χ2v) is 1.47. The predicted molar refractivity (Wildman–Crippen MR) is 12.0 cm³/mol. The molecule has 0 saturated heterocycles. The molecule has 0 rings (SSSR count). The molecule has 0 aromatic heterocycles. The summed E-state index contributed by atoms with van der Waals surface area (Å²) >= 11 is 0. The van der Waals surface area contributed by atoms with Crippen LogP contribution in [0.2, 0.25) is 0 Å². The predicted octanol–water partition coefficient (Wildman–Crippen LogP) is -10.5. The fourth-order valence-electron chi connectivity index (χ4n) is 0. The summed E-state index contributed by atoms with van der Waals surface area (Å²) in [7, 11) is -4.89. The minimum Gasteiger partial charge on any atom is -1.00 e. The summed E-state index contributed by atoms with van der Waals surface area (Å²) in [6, 6.07) is 0. The van der Waals surface area contributed by atoms with Gasteiger partial charge in [-0.1, -0.05) is 0 Å². The van der Waals surface area contributed by atoms with Gasteiger partial charge < -0.3 is 19.4 Å². The molecule has 8 heavy (non-hydrogen) atoms. The third-order valence-corrected chi connectivity index (χ3v) is 0. The van der Waals surface area contributed by atoms with Gasteiger partial charge in [0.25, 0.3) is 7.82 Å². The van der Waals surface area contributed by atoms with Crippen molar-refractivity contribution in [3.8, 4) is 0 Å². The Morgan fingerprint density at radius 1 is 1.38 bits per heavy atom. The summed E-state index contributed by atoms with van der Waals surface area (Å²) in [5.74, 6) is 0. The third-order valence-electron chi connectivity index (χ3n) is 0. The Balaban J connectivity index is -0.0000000267. The average molecular weight is 178 g/mol. The third kappa shape index (κ3) is 71.4. The van der Waals surface area contributed by atoms with Crippen molar-refractivity contribution in [3.63, 3.8) is 0 Å². The Morgan fingerprint density at radius 3 is 1.38 bits per heavy atom. The molecule has 0 unspecified atom stereocenters. The van der Waals surface area contributed by atoms with Crippen LogP contribution in [-0.4, -0.2) is 9.79 Å². The molecule has 0 bridgehead atoms. The van der Waals surface area contributed by atoms with E-state index in [1.807, 2.05) is 0 Å². The van der Waals surface area contributed by atoms with Gasteiger partial charge in [-0.05, 0) is 0 Å². The molecule has 0 atom stereocenters. The molecule has 0 radical (unpaired) electrons. The van der Waals surface area contributed by atoms with Gasteiger partial charge in [-0.25, -0.2) is 0 Å². The Kier molecular flexibility index (Phi) is 27.1. The molecule has 0 aromatic carbocycles.